The number of carbonyl (C=O) groups excluding carboxylic acids is 2. The van der Waals surface area contributed by atoms with Gasteiger partial charge in [0.15, 0.2) is 0 Å². The van der Waals surface area contributed by atoms with Crippen LogP contribution in [-0.4, -0.2) is 27.8 Å². The van der Waals surface area contributed by atoms with Gasteiger partial charge in [-0.05, 0) is 31.0 Å². The average molecular weight is 287 g/mol. The van der Waals surface area contributed by atoms with Crippen molar-refractivity contribution >= 4 is 17.4 Å². The molecule has 6 heteroatoms. The van der Waals surface area contributed by atoms with Crippen molar-refractivity contribution in [2.24, 2.45) is 0 Å². The standard InChI is InChI=1S/C15H14FN3O2/c1-10-7-11(16)8-12-13(10)19(15(21)14(12)20)5-2-4-18-6-3-17-9-18/h3,6-9H,2,4-5H2,1H3. The highest BCUT2D eigenvalue weighted by molar-refractivity contribution is 6.52. The molecule has 0 aliphatic carbocycles. The fourth-order valence-corrected chi connectivity index (χ4v) is 2.65. The van der Waals surface area contributed by atoms with Gasteiger partial charge in [-0.15, -0.1) is 0 Å². The number of hydrogen-bond donors (Lipinski definition) is 0. The van der Waals surface area contributed by atoms with E-state index in [2.05, 4.69) is 4.98 Å². The molecule has 0 saturated carbocycles. The summed E-state index contributed by atoms with van der Waals surface area (Å²) in [6.07, 6.45) is 5.91. The molecule has 0 radical (unpaired) electrons. The number of rotatable bonds is 4. The van der Waals surface area contributed by atoms with Crippen LogP contribution >= 0.6 is 0 Å². The Kier molecular flexibility index (Phi) is 3.29. The summed E-state index contributed by atoms with van der Waals surface area (Å²) in [6.45, 7) is 2.83. The second kappa shape index (κ2) is 5.12. The highest BCUT2D eigenvalue weighted by Crippen LogP contribution is 2.33. The summed E-state index contributed by atoms with van der Waals surface area (Å²) < 4.78 is 15.3. The number of hydrogen-bond acceptors (Lipinski definition) is 3. The van der Waals surface area contributed by atoms with Crippen molar-refractivity contribution < 1.29 is 14.0 Å². The molecule has 1 amide bonds. The highest BCUT2D eigenvalue weighted by atomic mass is 19.1. The van der Waals surface area contributed by atoms with Gasteiger partial charge in [-0.25, -0.2) is 9.37 Å². The number of amides is 1. The number of aromatic nitrogens is 2. The van der Waals surface area contributed by atoms with Gasteiger partial charge in [0.1, 0.15) is 5.82 Å². The molecule has 3 rings (SSSR count). The molecule has 2 heterocycles. The number of benzene rings is 1. The maximum atomic E-state index is 13.4. The van der Waals surface area contributed by atoms with Crippen LogP contribution < -0.4 is 4.90 Å². The van der Waals surface area contributed by atoms with Crippen LogP contribution in [0.1, 0.15) is 22.3 Å². The quantitative estimate of drug-likeness (QED) is 0.808. The minimum absolute atomic E-state index is 0.167. The number of nitrogens with zero attached hydrogens (tertiary/aromatic N) is 3. The first-order chi connectivity index (χ1) is 10.1. The SMILES string of the molecule is Cc1cc(F)cc2c1N(CCCn1ccnc1)C(=O)C2=O. The lowest BCUT2D eigenvalue weighted by Gasteiger charge is -2.18. The smallest absolute Gasteiger partial charge is 0.299 e. The fourth-order valence-electron chi connectivity index (χ4n) is 2.65. The summed E-state index contributed by atoms with van der Waals surface area (Å²) in [7, 11) is 0. The van der Waals surface area contributed by atoms with E-state index in [-0.39, 0.29) is 5.56 Å². The molecule has 0 bridgehead atoms. The number of fused-ring (bicyclic) bond motifs is 1. The molecule has 1 aliphatic heterocycles. The summed E-state index contributed by atoms with van der Waals surface area (Å²) >= 11 is 0. The van der Waals surface area contributed by atoms with Gasteiger partial charge in [0.05, 0.1) is 17.6 Å². The van der Waals surface area contributed by atoms with Gasteiger partial charge in [0, 0.05) is 25.5 Å². The molecule has 0 N–H and O–H groups in total. The lowest BCUT2D eigenvalue weighted by Crippen LogP contribution is -2.31. The highest BCUT2D eigenvalue weighted by Gasteiger charge is 2.37. The Labute approximate surface area is 121 Å². The molecule has 108 valence electrons. The van der Waals surface area contributed by atoms with Crippen LogP contribution in [0.25, 0.3) is 0 Å². The number of halogens is 1. The Balaban J connectivity index is 1.81. The molecule has 21 heavy (non-hydrogen) atoms. The third kappa shape index (κ3) is 2.33. The maximum Gasteiger partial charge on any atom is 0.299 e. The van der Waals surface area contributed by atoms with E-state index < -0.39 is 17.5 Å². The zero-order chi connectivity index (χ0) is 15.0. The summed E-state index contributed by atoms with van der Waals surface area (Å²) in [5.74, 6) is -1.70. The summed E-state index contributed by atoms with van der Waals surface area (Å²) in [5, 5.41) is 0. The van der Waals surface area contributed by atoms with Crippen molar-refractivity contribution in [3.05, 3.63) is 47.8 Å². The minimum atomic E-state index is -0.629. The zero-order valence-corrected chi connectivity index (χ0v) is 11.5. The van der Waals surface area contributed by atoms with Crippen LogP contribution in [0.3, 0.4) is 0 Å². The summed E-state index contributed by atoms with van der Waals surface area (Å²) in [5.41, 5.74) is 1.31. The van der Waals surface area contributed by atoms with Crippen LogP contribution in [0.4, 0.5) is 10.1 Å². The van der Waals surface area contributed by atoms with E-state index in [0.717, 1.165) is 6.07 Å². The Hall–Kier alpha value is -2.50. The molecule has 0 unspecified atom stereocenters. The monoisotopic (exact) mass is 287 g/mol. The van der Waals surface area contributed by atoms with Crippen molar-refractivity contribution in [3.8, 4) is 0 Å². The van der Waals surface area contributed by atoms with E-state index >= 15 is 0 Å². The Morgan fingerprint density at radius 3 is 2.76 bits per heavy atom. The van der Waals surface area contributed by atoms with Crippen molar-refractivity contribution in [3.63, 3.8) is 0 Å². The normalized spacial score (nSPS) is 13.9. The number of Topliss-reactive ketones (excluding diaryl/α,β-unsaturated/α-hetero) is 1. The second-order valence-electron chi connectivity index (χ2n) is 5.06. The number of carbonyl (C=O) groups is 2. The van der Waals surface area contributed by atoms with E-state index in [4.69, 9.17) is 0 Å². The second-order valence-corrected chi connectivity index (χ2v) is 5.06. The molecule has 1 aromatic heterocycles. The Bertz CT molecular complexity index is 710. The molecule has 5 nitrogen and oxygen atoms in total. The average Bonchev–Trinajstić information content (AvgIpc) is 3.02. The van der Waals surface area contributed by atoms with E-state index in [1.54, 1.807) is 19.4 Å². The Morgan fingerprint density at radius 2 is 2.05 bits per heavy atom. The van der Waals surface area contributed by atoms with Crippen LogP contribution in [0.5, 0.6) is 0 Å². The van der Waals surface area contributed by atoms with Crippen LogP contribution in [0.15, 0.2) is 30.9 Å². The molecule has 0 saturated heterocycles. The van der Waals surface area contributed by atoms with Gasteiger partial charge in [0.25, 0.3) is 11.7 Å². The summed E-state index contributed by atoms with van der Waals surface area (Å²) in [6, 6.07) is 2.48. The lowest BCUT2D eigenvalue weighted by atomic mass is 10.1. The molecule has 1 aliphatic rings. The van der Waals surface area contributed by atoms with Gasteiger partial charge < -0.3 is 9.47 Å². The first-order valence-electron chi connectivity index (χ1n) is 6.70. The summed E-state index contributed by atoms with van der Waals surface area (Å²) in [4.78, 5) is 29.4. The number of anilines is 1. The molecule has 0 spiro atoms. The number of aryl methyl sites for hydroxylation is 2. The largest absolute Gasteiger partial charge is 0.337 e. The minimum Gasteiger partial charge on any atom is -0.337 e. The van der Waals surface area contributed by atoms with Gasteiger partial charge in [-0.2, -0.15) is 0 Å². The number of imidazole rings is 1. The molecular formula is C15H14FN3O2. The molecule has 0 atom stereocenters. The van der Waals surface area contributed by atoms with Gasteiger partial charge in [-0.1, -0.05) is 0 Å². The van der Waals surface area contributed by atoms with E-state index in [0.29, 0.717) is 30.8 Å². The first-order valence-corrected chi connectivity index (χ1v) is 6.70. The van der Waals surface area contributed by atoms with E-state index in [1.807, 2.05) is 10.8 Å². The third-order valence-corrected chi connectivity index (χ3v) is 3.58. The van der Waals surface area contributed by atoms with Crippen molar-refractivity contribution in [2.75, 3.05) is 11.4 Å². The topological polar surface area (TPSA) is 55.2 Å². The molecule has 2 aromatic rings. The van der Waals surface area contributed by atoms with Gasteiger partial charge in [0.2, 0.25) is 0 Å². The van der Waals surface area contributed by atoms with E-state index in [9.17, 15) is 14.0 Å². The van der Waals surface area contributed by atoms with Crippen molar-refractivity contribution in [1.82, 2.24) is 9.55 Å². The van der Waals surface area contributed by atoms with Crippen molar-refractivity contribution in [2.45, 2.75) is 19.9 Å². The van der Waals surface area contributed by atoms with E-state index in [1.165, 1.54) is 11.0 Å². The first kappa shape index (κ1) is 13.5. The number of ketones is 1. The van der Waals surface area contributed by atoms with Crippen LogP contribution in [-0.2, 0) is 11.3 Å². The lowest BCUT2D eigenvalue weighted by molar-refractivity contribution is -0.114. The molecule has 0 fully saturated rings. The molecular weight excluding hydrogens is 273 g/mol. The van der Waals surface area contributed by atoms with Crippen LogP contribution in [0, 0.1) is 12.7 Å². The predicted molar refractivity (Wildman–Crippen MR) is 74.7 cm³/mol. The van der Waals surface area contributed by atoms with Gasteiger partial charge >= 0.3 is 0 Å². The van der Waals surface area contributed by atoms with Gasteiger partial charge in [-0.3, -0.25) is 9.59 Å². The fraction of sp³-hybridized carbons (Fsp3) is 0.267. The Morgan fingerprint density at radius 1 is 1.24 bits per heavy atom. The third-order valence-electron chi connectivity index (χ3n) is 3.58. The predicted octanol–water partition coefficient (Wildman–Crippen LogP) is 1.95. The maximum absolute atomic E-state index is 13.4. The molecule has 1 aromatic carbocycles. The zero-order valence-electron chi connectivity index (χ0n) is 11.5. The van der Waals surface area contributed by atoms with Crippen molar-refractivity contribution in [1.29, 1.82) is 0 Å². The van der Waals surface area contributed by atoms with Crippen LogP contribution in [0.2, 0.25) is 0 Å².